The van der Waals surface area contributed by atoms with Crippen LogP contribution in [0.1, 0.15) is 10.9 Å². The molecule has 0 aliphatic carbocycles. The number of hydrogen-bond donors (Lipinski definition) is 2. The van der Waals surface area contributed by atoms with Gasteiger partial charge in [0.05, 0.1) is 6.04 Å². The Kier molecular flexibility index (Phi) is 3.51. The van der Waals surface area contributed by atoms with Gasteiger partial charge in [-0.1, -0.05) is 0 Å². The molecular formula is C7H11BrN2S. The summed E-state index contributed by atoms with van der Waals surface area (Å²) in [6, 6.07) is 2.32. The normalized spacial score (nSPS) is 13.4. The first-order chi connectivity index (χ1) is 5.29. The lowest BCUT2D eigenvalue weighted by Crippen LogP contribution is -2.24. The van der Waals surface area contributed by atoms with Crippen LogP contribution in [0.2, 0.25) is 0 Å². The third kappa shape index (κ3) is 2.02. The van der Waals surface area contributed by atoms with Crippen LogP contribution >= 0.6 is 27.3 Å². The second-order valence-electron chi connectivity index (χ2n) is 2.21. The molecule has 0 fully saturated rings. The fraction of sp³-hybridized carbons (Fsp3) is 0.429. The number of likely N-dealkylation sites (N-methyl/N-ethyl adjacent to an activating group) is 1. The molecule has 1 heterocycles. The van der Waals surface area contributed by atoms with E-state index in [1.54, 1.807) is 11.3 Å². The maximum absolute atomic E-state index is 5.57. The van der Waals surface area contributed by atoms with Crippen molar-refractivity contribution in [3.8, 4) is 0 Å². The Morgan fingerprint density at radius 1 is 1.82 bits per heavy atom. The Bertz CT molecular complexity index is 220. The van der Waals surface area contributed by atoms with E-state index in [0.717, 1.165) is 4.47 Å². The van der Waals surface area contributed by atoms with Crippen LogP contribution in [0.25, 0.3) is 0 Å². The average Bonchev–Trinajstić information content (AvgIpc) is 2.40. The van der Waals surface area contributed by atoms with Crippen molar-refractivity contribution in [2.24, 2.45) is 5.73 Å². The lowest BCUT2D eigenvalue weighted by atomic mass is 10.2. The zero-order chi connectivity index (χ0) is 8.27. The van der Waals surface area contributed by atoms with E-state index in [1.165, 1.54) is 4.88 Å². The highest BCUT2D eigenvalue weighted by Crippen LogP contribution is 2.27. The van der Waals surface area contributed by atoms with Crippen LogP contribution in [-0.4, -0.2) is 13.6 Å². The lowest BCUT2D eigenvalue weighted by Gasteiger charge is -2.11. The van der Waals surface area contributed by atoms with Gasteiger partial charge in [0.25, 0.3) is 0 Å². The van der Waals surface area contributed by atoms with E-state index in [9.17, 15) is 0 Å². The molecule has 2 nitrogen and oxygen atoms in total. The average molecular weight is 235 g/mol. The fourth-order valence-corrected chi connectivity index (χ4v) is 2.68. The summed E-state index contributed by atoms with van der Waals surface area (Å²) in [5, 5.41) is 5.21. The van der Waals surface area contributed by atoms with E-state index in [4.69, 9.17) is 5.73 Å². The molecule has 0 amide bonds. The second kappa shape index (κ2) is 4.21. The topological polar surface area (TPSA) is 38.0 Å². The zero-order valence-corrected chi connectivity index (χ0v) is 8.71. The van der Waals surface area contributed by atoms with Crippen molar-refractivity contribution < 1.29 is 0 Å². The van der Waals surface area contributed by atoms with Gasteiger partial charge in [0.15, 0.2) is 0 Å². The van der Waals surface area contributed by atoms with E-state index in [2.05, 4.69) is 26.6 Å². The molecule has 0 aliphatic heterocycles. The number of halogens is 1. The largest absolute Gasteiger partial charge is 0.329 e. The van der Waals surface area contributed by atoms with E-state index < -0.39 is 0 Å². The molecule has 1 unspecified atom stereocenters. The van der Waals surface area contributed by atoms with Gasteiger partial charge in [-0.2, -0.15) is 0 Å². The first kappa shape index (κ1) is 9.19. The van der Waals surface area contributed by atoms with Crippen LogP contribution in [0.5, 0.6) is 0 Å². The van der Waals surface area contributed by atoms with Gasteiger partial charge in [-0.05, 0) is 34.4 Å². The quantitative estimate of drug-likeness (QED) is 0.837. The summed E-state index contributed by atoms with van der Waals surface area (Å²) in [4.78, 5) is 1.27. The van der Waals surface area contributed by atoms with Gasteiger partial charge < -0.3 is 11.1 Å². The highest BCUT2D eigenvalue weighted by Gasteiger charge is 2.10. The van der Waals surface area contributed by atoms with Crippen LogP contribution in [0.15, 0.2) is 15.9 Å². The van der Waals surface area contributed by atoms with Crippen LogP contribution in [0.4, 0.5) is 0 Å². The van der Waals surface area contributed by atoms with E-state index in [0.29, 0.717) is 6.54 Å². The van der Waals surface area contributed by atoms with Gasteiger partial charge in [-0.15, -0.1) is 11.3 Å². The Morgan fingerprint density at radius 2 is 2.55 bits per heavy atom. The van der Waals surface area contributed by atoms with Crippen LogP contribution < -0.4 is 11.1 Å². The van der Waals surface area contributed by atoms with E-state index in [-0.39, 0.29) is 6.04 Å². The Hall–Kier alpha value is 0.100. The molecule has 3 N–H and O–H groups in total. The Labute approximate surface area is 78.9 Å². The molecule has 1 aromatic rings. The molecule has 0 aromatic carbocycles. The monoisotopic (exact) mass is 234 g/mol. The van der Waals surface area contributed by atoms with Crippen LogP contribution in [0, 0.1) is 0 Å². The lowest BCUT2D eigenvalue weighted by molar-refractivity contribution is 0.614. The molecule has 0 aliphatic rings. The van der Waals surface area contributed by atoms with Gasteiger partial charge in [0.1, 0.15) is 0 Å². The maximum atomic E-state index is 5.57. The van der Waals surface area contributed by atoms with Gasteiger partial charge in [0.2, 0.25) is 0 Å². The minimum Gasteiger partial charge on any atom is -0.329 e. The van der Waals surface area contributed by atoms with Crippen LogP contribution in [-0.2, 0) is 0 Å². The number of nitrogens with two attached hydrogens (primary N) is 1. The SMILES string of the molecule is CNC(CN)c1sccc1Br. The van der Waals surface area contributed by atoms with Crippen molar-refractivity contribution in [3.63, 3.8) is 0 Å². The van der Waals surface area contributed by atoms with Crippen LogP contribution in [0.3, 0.4) is 0 Å². The fourth-order valence-electron chi connectivity index (χ4n) is 0.910. The van der Waals surface area contributed by atoms with Crippen molar-refractivity contribution in [2.75, 3.05) is 13.6 Å². The molecule has 1 aromatic heterocycles. The molecule has 0 bridgehead atoms. The van der Waals surface area contributed by atoms with Crippen molar-refractivity contribution in [3.05, 3.63) is 20.8 Å². The number of hydrogen-bond acceptors (Lipinski definition) is 3. The molecule has 1 rings (SSSR count). The molecular weight excluding hydrogens is 224 g/mol. The van der Waals surface area contributed by atoms with Gasteiger partial charge in [0, 0.05) is 15.9 Å². The molecule has 0 saturated carbocycles. The third-order valence-corrected chi connectivity index (χ3v) is 3.53. The van der Waals surface area contributed by atoms with Crippen molar-refractivity contribution in [1.82, 2.24) is 5.32 Å². The first-order valence-corrected chi connectivity index (χ1v) is 5.07. The Balaban J connectivity index is 2.81. The van der Waals surface area contributed by atoms with Crippen molar-refractivity contribution in [1.29, 1.82) is 0 Å². The summed E-state index contributed by atoms with van der Waals surface area (Å²) in [6.45, 7) is 0.635. The molecule has 0 saturated heterocycles. The van der Waals surface area contributed by atoms with Crippen molar-refractivity contribution >= 4 is 27.3 Å². The molecule has 1 atom stereocenters. The minimum absolute atomic E-state index is 0.282. The predicted molar refractivity (Wildman–Crippen MR) is 52.9 cm³/mol. The van der Waals surface area contributed by atoms with Gasteiger partial charge in [-0.25, -0.2) is 0 Å². The summed E-state index contributed by atoms with van der Waals surface area (Å²) in [7, 11) is 1.92. The smallest absolute Gasteiger partial charge is 0.0548 e. The number of nitrogens with one attached hydrogen (secondary N) is 1. The van der Waals surface area contributed by atoms with Crippen molar-refractivity contribution in [2.45, 2.75) is 6.04 Å². The summed E-state index contributed by atoms with van der Waals surface area (Å²) in [6.07, 6.45) is 0. The van der Waals surface area contributed by atoms with Gasteiger partial charge in [-0.3, -0.25) is 0 Å². The minimum atomic E-state index is 0.282. The maximum Gasteiger partial charge on any atom is 0.0548 e. The molecule has 4 heteroatoms. The van der Waals surface area contributed by atoms with E-state index >= 15 is 0 Å². The Morgan fingerprint density at radius 3 is 2.91 bits per heavy atom. The zero-order valence-electron chi connectivity index (χ0n) is 6.30. The number of thiophene rings is 1. The summed E-state index contributed by atoms with van der Waals surface area (Å²) in [5.74, 6) is 0. The highest BCUT2D eigenvalue weighted by molar-refractivity contribution is 9.10. The standard InChI is InChI=1S/C7H11BrN2S/c1-10-6(4-9)7-5(8)2-3-11-7/h2-3,6,10H,4,9H2,1H3. The van der Waals surface area contributed by atoms with E-state index in [1.807, 2.05) is 13.1 Å². The summed E-state index contributed by atoms with van der Waals surface area (Å²) < 4.78 is 1.15. The molecule has 0 radical (unpaired) electrons. The molecule has 62 valence electrons. The highest BCUT2D eigenvalue weighted by atomic mass is 79.9. The van der Waals surface area contributed by atoms with Gasteiger partial charge >= 0.3 is 0 Å². The second-order valence-corrected chi connectivity index (χ2v) is 4.01. The first-order valence-electron chi connectivity index (χ1n) is 3.39. The molecule has 0 spiro atoms. The number of rotatable bonds is 3. The predicted octanol–water partition coefficient (Wildman–Crippen LogP) is 1.73. The summed E-state index contributed by atoms with van der Waals surface area (Å²) >= 11 is 5.18. The molecule has 11 heavy (non-hydrogen) atoms. The third-order valence-electron chi connectivity index (χ3n) is 1.55. The summed E-state index contributed by atoms with van der Waals surface area (Å²) in [5.41, 5.74) is 5.57.